The zero-order chi connectivity index (χ0) is 17.7. The minimum absolute atomic E-state index is 0.194. The van der Waals surface area contributed by atoms with Crippen LogP contribution in [0.3, 0.4) is 0 Å². The molecule has 126 valence electrons. The summed E-state index contributed by atoms with van der Waals surface area (Å²) in [6.07, 6.45) is 0. The topological polar surface area (TPSA) is 67.4 Å². The Labute approximate surface area is 146 Å². The average Bonchev–Trinajstić information content (AvgIpc) is 2.52. The van der Waals surface area contributed by atoms with E-state index in [2.05, 4.69) is 10.6 Å². The van der Waals surface area contributed by atoms with Gasteiger partial charge >= 0.3 is 0 Å². The van der Waals surface area contributed by atoms with Crippen molar-refractivity contribution >= 4 is 29.1 Å². The van der Waals surface area contributed by atoms with Crippen molar-refractivity contribution in [3.8, 4) is 5.75 Å². The molecule has 0 aliphatic heterocycles. The first-order chi connectivity index (χ1) is 11.4. The van der Waals surface area contributed by atoms with Crippen molar-refractivity contribution in [3.05, 3.63) is 58.1 Å². The maximum atomic E-state index is 12.2. The van der Waals surface area contributed by atoms with Gasteiger partial charge in [0.1, 0.15) is 5.75 Å². The lowest BCUT2D eigenvalue weighted by Crippen LogP contribution is -2.23. The van der Waals surface area contributed by atoms with E-state index in [1.807, 2.05) is 19.1 Å². The summed E-state index contributed by atoms with van der Waals surface area (Å²) in [5, 5.41) is 5.94. The van der Waals surface area contributed by atoms with Crippen molar-refractivity contribution in [1.29, 1.82) is 0 Å². The molecule has 0 heterocycles. The third-order valence-electron chi connectivity index (χ3n) is 3.40. The van der Waals surface area contributed by atoms with Gasteiger partial charge < -0.3 is 15.4 Å². The minimum atomic E-state index is -0.253. The van der Waals surface area contributed by atoms with Crippen molar-refractivity contribution in [2.24, 2.45) is 0 Å². The van der Waals surface area contributed by atoms with Crippen LogP contribution in [0.2, 0.25) is 5.02 Å². The molecule has 0 radical (unpaired) electrons. The lowest BCUT2D eigenvalue weighted by Gasteiger charge is -2.12. The number of nitrogens with one attached hydrogen (secondary N) is 2. The number of halogens is 1. The molecule has 2 rings (SSSR count). The molecule has 2 amide bonds. The fourth-order valence-electron chi connectivity index (χ4n) is 2.23. The Hall–Kier alpha value is -2.53. The zero-order valence-corrected chi connectivity index (χ0v) is 14.5. The Balaban J connectivity index is 2.11. The molecule has 2 aromatic rings. The van der Waals surface area contributed by atoms with Crippen LogP contribution in [-0.2, 0) is 11.3 Å². The standard InChI is InChI=1S/C18H19ClN2O3/c1-11-4-6-14(15(19)8-11)18(23)20-10-13-5-7-17(24-3)16(9-13)21-12(2)22/h4-9H,10H2,1-3H3,(H,20,23)(H,21,22). The Kier molecular flexibility index (Phi) is 5.82. The second kappa shape index (κ2) is 7.84. The fourth-order valence-corrected chi connectivity index (χ4v) is 2.56. The van der Waals surface area contributed by atoms with Crippen LogP contribution in [0.25, 0.3) is 0 Å². The van der Waals surface area contributed by atoms with Crippen molar-refractivity contribution in [1.82, 2.24) is 5.32 Å². The fraction of sp³-hybridized carbons (Fsp3) is 0.222. The molecule has 0 aromatic heterocycles. The van der Waals surface area contributed by atoms with Gasteiger partial charge in [-0.25, -0.2) is 0 Å². The molecule has 5 nitrogen and oxygen atoms in total. The molecule has 2 N–H and O–H groups in total. The number of carbonyl (C=O) groups excluding carboxylic acids is 2. The van der Waals surface area contributed by atoms with Gasteiger partial charge in [-0.1, -0.05) is 23.7 Å². The molecule has 24 heavy (non-hydrogen) atoms. The summed E-state index contributed by atoms with van der Waals surface area (Å²) in [5.41, 5.74) is 2.81. The van der Waals surface area contributed by atoms with E-state index in [0.29, 0.717) is 28.6 Å². The largest absolute Gasteiger partial charge is 0.495 e. The second-order valence-corrected chi connectivity index (χ2v) is 5.79. The molecule has 0 spiro atoms. The number of hydrogen-bond acceptors (Lipinski definition) is 3. The van der Waals surface area contributed by atoms with Crippen LogP contribution in [0, 0.1) is 6.92 Å². The van der Waals surface area contributed by atoms with Gasteiger partial charge in [-0.05, 0) is 42.3 Å². The van der Waals surface area contributed by atoms with Crippen LogP contribution >= 0.6 is 11.6 Å². The lowest BCUT2D eigenvalue weighted by molar-refractivity contribution is -0.114. The van der Waals surface area contributed by atoms with Gasteiger partial charge in [0.15, 0.2) is 0 Å². The van der Waals surface area contributed by atoms with E-state index in [1.165, 1.54) is 14.0 Å². The van der Waals surface area contributed by atoms with Crippen molar-refractivity contribution < 1.29 is 14.3 Å². The normalized spacial score (nSPS) is 10.2. The van der Waals surface area contributed by atoms with Crippen molar-refractivity contribution in [3.63, 3.8) is 0 Å². The number of rotatable bonds is 5. The Morgan fingerprint density at radius 3 is 2.54 bits per heavy atom. The number of ether oxygens (including phenoxy) is 1. The molecule has 0 bridgehead atoms. The smallest absolute Gasteiger partial charge is 0.253 e. The molecular weight excluding hydrogens is 328 g/mol. The molecule has 2 aromatic carbocycles. The molecule has 0 atom stereocenters. The average molecular weight is 347 g/mol. The Bertz CT molecular complexity index is 775. The molecule has 0 saturated heterocycles. The Morgan fingerprint density at radius 1 is 1.17 bits per heavy atom. The zero-order valence-electron chi connectivity index (χ0n) is 13.8. The number of aryl methyl sites for hydroxylation is 1. The van der Waals surface area contributed by atoms with E-state index in [1.54, 1.807) is 24.3 Å². The summed E-state index contributed by atoms with van der Waals surface area (Å²) in [6, 6.07) is 10.6. The summed E-state index contributed by atoms with van der Waals surface area (Å²) in [4.78, 5) is 23.5. The third kappa shape index (κ3) is 4.49. The highest BCUT2D eigenvalue weighted by Crippen LogP contribution is 2.25. The van der Waals surface area contributed by atoms with Gasteiger partial charge in [0, 0.05) is 13.5 Å². The molecule has 0 unspecified atom stereocenters. The highest BCUT2D eigenvalue weighted by molar-refractivity contribution is 6.33. The summed E-state index contributed by atoms with van der Waals surface area (Å²) < 4.78 is 5.20. The number of hydrogen-bond donors (Lipinski definition) is 2. The van der Waals surface area contributed by atoms with Gasteiger partial charge in [0.25, 0.3) is 5.91 Å². The van der Waals surface area contributed by atoms with Crippen LogP contribution in [0.5, 0.6) is 5.75 Å². The first kappa shape index (κ1) is 17.8. The van der Waals surface area contributed by atoms with E-state index >= 15 is 0 Å². The lowest BCUT2D eigenvalue weighted by atomic mass is 10.1. The van der Waals surface area contributed by atoms with E-state index in [4.69, 9.17) is 16.3 Å². The minimum Gasteiger partial charge on any atom is -0.495 e. The van der Waals surface area contributed by atoms with E-state index in [0.717, 1.165) is 11.1 Å². The number of methoxy groups -OCH3 is 1. The van der Waals surface area contributed by atoms with Crippen LogP contribution < -0.4 is 15.4 Å². The molecule has 0 saturated carbocycles. The van der Waals surface area contributed by atoms with E-state index < -0.39 is 0 Å². The maximum absolute atomic E-state index is 12.2. The maximum Gasteiger partial charge on any atom is 0.253 e. The van der Waals surface area contributed by atoms with E-state index in [-0.39, 0.29) is 11.8 Å². The first-order valence-electron chi connectivity index (χ1n) is 7.39. The predicted octanol–water partition coefficient (Wildman–Crippen LogP) is 3.55. The Morgan fingerprint density at radius 2 is 1.92 bits per heavy atom. The number of carbonyl (C=O) groups is 2. The van der Waals surface area contributed by atoms with E-state index in [9.17, 15) is 9.59 Å². The molecular formula is C18H19ClN2O3. The molecule has 0 aliphatic carbocycles. The number of anilines is 1. The number of amides is 2. The molecule has 6 heteroatoms. The SMILES string of the molecule is COc1ccc(CNC(=O)c2ccc(C)cc2Cl)cc1NC(C)=O. The van der Waals surface area contributed by atoms with Gasteiger partial charge in [-0.2, -0.15) is 0 Å². The number of benzene rings is 2. The highest BCUT2D eigenvalue weighted by Gasteiger charge is 2.11. The third-order valence-corrected chi connectivity index (χ3v) is 3.71. The second-order valence-electron chi connectivity index (χ2n) is 5.38. The van der Waals surface area contributed by atoms with Gasteiger partial charge in [0.2, 0.25) is 5.91 Å². The summed E-state index contributed by atoms with van der Waals surface area (Å²) >= 11 is 6.10. The van der Waals surface area contributed by atoms with Gasteiger partial charge in [-0.3, -0.25) is 9.59 Å². The monoisotopic (exact) mass is 346 g/mol. The van der Waals surface area contributed by atoms with Crippen LogP contribution in [0.4, 0.5) is 5.69 Å². The van der Waals surface area contributed by atoms with Gasteiger partial charge in [0.05, 0.1) is 23.4 Å². The van der Waals surface area contributed by atoms with Crippen LogP contribution in [0.1, 0.15) is 28.4 Å². The van der Waals surface area contributed by atoms with Crippen LogP contribution in [0.15, 0.2) is 36.4 Å². The van der Waals surface area contributed by atoms with Crippen molar-refractivity contribution in [2.75, 3.05) is 12.4 Å². The highest BCUT2D eigenvalue weighted by atomic mass is 35.5. The quantitative estimate of drug-likeness (QED) is 0.870. The summed E-state index contributed by atoms with van der Waals surface area (Å²) in [5.74, 6) is 0.111. The molecule has 0 aliphatic rings. The van der Waals surface area contributed by atoms with Crippen LogP contribution in [-0.4, -0.2) is 18.9 Å². The summed E-state index contributed by atoms with van der Waals surface area (Å²) in [6.45, 7) is 3.64. The first-order valence-corrected chi connectivity index (χ1v) is 7.77. The summed E-state index contributed by atoms with van der Waals surface area (Å²) in [7, 11) is 1.53. The predicted molar refractivity (Wildman–Crippen MR) is 94.7 cm³/mol. The molecule has 0 fully saturated rings. The van der Waals surface area contributed by atoms with Crippen molar-refractivity contribution in [2.45, 2.75) is 20.4 Å². The van der Waals surface area contributed by atoms with Gasteiger partial charge in [-0.15, -0.1) is 0 Å².